The molecule has 0 radical (unpaired) electrons. The van der Waals surface area contributed by atoms with Crippen molar-refractivity contribution in [2.75, 3.05) is 0 Å². The summed E-state index contributed by atoms with van der Waals surface area (Å²) in [7, 11) is 0. The smallest absolute Gasteiger partial charge is 0.266 e. The lowest BCUT2D eigenvalue weighted by atomic mass is 10.1. The second-order valence-electron chi connectivity index (χ2n) is 5.85. The molecule has 1 aromatic carbocycles. The zero-order valence-corrected chi connectivity index (χ0v) is 14.3. The second-order valence-corrected chi connectivity index (χ2v) is 5.85. The molecule has 0 saturated carbocycles. The molecular formula is C20H20N4O2. The summed E-state index contributed by atoms with van der Waals surface area (Å²) in [4.78, 5) is 28.1. The van der Waals surface area contributed by atoms with Crippen molar-refractivity contribution >= 4 is 5.91 Å². The van der Waals surface area contributed by atoms with Gasteiger partial charge in [0.1, 0.15) is 0 Å². The minimum atomic E-state index is -0.168. The van der Waals surface area contributed by atoms with E-state index in [1.165, 1.54) is 10.7 Å². The molecule has 0 atom stereocenters. The molecule has 1 N–H and O–H groups in total. The Bertz CT molecular complexity index is 908. The number of benzene rings is 1. The van der Waals surface area contributed by atoms with E-state index < -0.39 is 0 Å². The van der Waals surface area contributed by atoms with Gasteiger partial charge in [-0.2, -0.15) is 5.10 Å². The van der Waals surface area contributed by atoms with Crippen molar-refractivity contribution in [2.24, 2.45) is 0 Å². The van der Waals surface area contributed by atoms with Crippen molar-refractivity contribution < 1.29 is 4.79 Å². The summed E-state index contributed by atoms with van der Waals surface area (Å²) in [5.74, 6) is -0.0667. The van der Waals surface area contributed by atoms with Gasteiger partial charge < -0.3 is 5.32 Å². The number of nitrogens with one attached hydrogen (secondary N) is 1. The summed E-state index contributed by atoms with van der Waals surface area (Å²) >= 11 is 0. The van der Waals surface area contributed by atoms with Gasteiger partial charge in [0.05, 0.1) is 17.9 Å². The summed E-state index contributed by atoms with van der Waals surface area (Å²) in [6, 6.07) is 18.5. The third kappa shape index (κ3) is 4.86. The molecule has 2 aromatic heterocycles. The molecule has 2 heterocycles. The SMILES string of the molecule is O=C(CCCn1nc(-c2ccccc2)ccc1=O)NCc1ccccn1. The van der Waals surface area contributed by atoms with Crippen molar-refractivity contribution in [3.63, 3.8) is 0 Å². The second kappa shape index (κ2) is 8.71. The van der Waals surface area contributed by atoms with E-state index in [2.05, 4.69) is 15.4 Å². The number of carbonyl (C=O) groups excluding carboxylic acids is 1. The Morgan fingerprint density at radius 2 is 1.81 bits per heavy atom. The van der Waals surface area contributed by atoms with Crippen LogP contribution in [0, 0.1) is 0 Å². The predicted molar refractivity (Wildman–Crippen MR) is 99.3 cm³/mol. The molecule has 3 rings (SSSR count). The zero-order chi connectivity index (χ0) is 18.2. The zero-order valence-electron chi connectivity index (χ0n) is 14.3. The van der Waals surface area contributed by atoms with Gasteiger partial charge in [-0.1, -0.05) is 36.4 Å². The fourth-order valence-corrected chi connectivity index (χ4v) is 2.54. The Balaban J connectivity index is 1.53. The first kappa shape index (κ1) is 17.5. The standard InChI is InChI=1S/C20H20N4O2/c25-19(22-15-17-9-4-5-13-21-17)10-6-14-24-20(26)12-11-18(23-24)16-7-2-1-3-8-16/h1-5,7-9,11-13H,6,10,14-15H2,(H,22,25). The fourth-order valence-electron chi connectivity index (χ4n) is 2.54. The molecule has 0 aliphatic rings. The van der Waals surface area contributed by atoms with E-state index in [1.807, 2.05) is 48.5 Å². The van der Waals surface area contributed by atoms with E-state index in [0.29, 0.717) is 25.9 Å². The van der Waals surface area contributed by atoms with Crippen molar-refractivity contribution in [1.82, 2.24) is 20.1 Å². The highest BCUT2D eigenvalue weighted by Gasteiger charge is 2.05. The van der Waals surface area contributed by atoms with Crippen LogP contribution in [0.2, 0.25) is 0 Å². The number of carbonyl (C=O) groups is 1. The van der Waals surface area contributed by atoms with Crippen LogP contribution < -0.4 is 10.9 Å². The average molecular weight is 348 g/mol. The molecule has 132 valence electrons. The van der Waals surface area contributed by atoms with E-state index in [4.69, 9.17) is 0 Å². The lowest BCUT2D eigenvalue weighted by molar-refractivity contribution is -0.121. The van der Waals surface area contributed by atoms with Gasteiger partial charge in [-0.15, -0.1) is 0 Å². The minimum Gasteiger partial charge on any atom is -0.350 e. The number of aromatic nitrogens is 3. The molecule has 6 heteroatoms. The summed E-state index contributed by atoms with van der Waals surface area (Å²) in [6.45, 7) is 0.803. The van der Waals surface area contributed by atoms with E-state index in [9.17, 15) is 9.59 Å². The third-order valence-electron chi connectivity index (χ3n) is 3.90. The van der Waals surface area contributed by atoms with Crippen molar-refractivity contribution in [1.29, 1.82) is 0 Å². The molecule has 6 nitrogen and oxygen atoms in total. The number of hydrogen-bond acceptors (Lipinski definition) is 4. The van der Waals surface area contributed by atoms with Crippen LogP contribution in [-0.4, -0.2) is 20.7 Å². The number of aryl methyl sites for hydroxylation is 1. The van der Waals surface area contributed by atoms with Gasteiger partial charge in [-0.05, 0) is 24.6 Å². The highest BCUT2D eigenvalue weighted by molar-refractivity contribution is 5.75. The Labute approximate surface area is 151 Å². The molecule has 1 amide bonds. The largest absolute Gasteiger partial charge is 0.350 e. The lowest BCUT2D eigenvalue weighted by Gasteiger charge is -2.08. The molecule has 3 aromatic rings. The van der Waals surface area contributed by atoms with E-state index in [1.54, 1.807) is 12.3 Å². The van der Waals surface area contributed by atoms with Crippen molar-refractivity contribution in [2.45, 2.75) is 25.9 Å². The number of hydrogen-bond donors (Lipinski definition) is 1. The normalized spacial score (nSPS) is 10.5. The van der Waals surface area contributed by atoms with Crippen LogP contribution in [0.4, 0.5) is 0 Å². The Hall–Kier alpha value is -3.28. The van der Waals surface area contributed by atoms with Crippen LogP contribution in [0.15, 0.2) is 71.7 Å². The first-order chi connectivity index (χ1) is 12.7. The van der Waals surface area contributed by atoms with Gasteiger partial charge in [-0.25, -0.2) is 4.68 Å². The Morgan fingerprint density at radius 1 is 1.00 bits per heavy atom. The van der Waals surface area contributed by atoms with Gasteiger partial charge in [0.2, 0.25) is 5.91 Å². The summed E-state index contributed by atoms with van der Waals surface area (Å²) < 4.78 is 1.41. The summed E-state index contributed by atoms with van der Waals surface area (Å²) in [5, 5.41) is 7.22. The highest BCUT2D eigenvalue weighted by Crippen LogP contribution is 2.14. The Kier molecular flexibility index (Phi) is 5.88. The monoisotopic (exact) mass is 348 g/mol. The molecule has 0 spiro atoms. The quantitative estimate of drug-likeness (QED) is 0.711. The molecule has 0 bridgehead atoms. The molecule has 0 unspecified atom stereocenters. The van der Waals surface area contributed by atoms with Crippen LogP contribution >= 0.6 is 0 Å². The van der Waals surface area contributed by atoms with Crippen LogP contribution in [0.5, 0.6) is 0 Å². The molecule has 0 aliphatic carbocycles. The van der Waals surface area contributed by atoms with Gasteiger partial charge >= 0.3 is 0 Å². The van der Waals surface area contributed by atoms with Crippen LogP contribution in [0.3, 0.4) is 0 Å². The molecule has 0 saturated heterocycles. The van der Waals surface area contributed by atoms with Crippen LogP contribution in [0.1, 0.15) is 18.5 Å². The average Bonchev–Trinajstić information content (AvgIpc) is 2.69. The molecule has 26 heavy (non-hydrogen) atoms. The first-order valence-electron chi connectivity index (χ1n) is 8.52. The van der Waals surface area contributed by atoms with Crippen molar-refractivity contribution in [3.05, 3.63) is 82.9 Å². The van der Waals surface area contributed by atoms with E-state index in [0.717, 1.165) is 17.0 Å². The molecule has 0 aliphatic heterocycles. The number of nitrogens with zero attached hydrogens (tertiary/aromatic N) is 3. The predicted octanol–water partition coefficient (Wildman–Crippen LogP) is 2.40. The molecule has 0 fully saturated rings. The minimum absolute atomic E-state index is 0.0667. The first-order valence-corrected chi connectivity index (χ1v) is 8.52. The van der Waals surface area contributed by atoms with Crippen molar-refractivity contribution in [3.8, 4) is 11.3 Å². The number of pyridine rings is 1. The van der Waals surface area contributed by atoms with E-state index >= 15 is 0 Å². The highest BCUT2D eigenvalue weighted by atomic mass is 16.1. The summed E-state index contributed by atoms with van der Waals surface area (Å²) in [5.41, 5.74) is 2.34. The lowest BCUT2D eigenvalue weighted by Crippen LogP contribution is -2.25. The Morgan fingerprint density at radius 3 is 2.58 bits per heavy atom. The maximum absolute atomic E-state index is 12.0. The topological polar surface area (TPSA) is 76.9 Å². The molecular weight excluding hydrogens is 328 g/mol. The third-order valence-corrected chi connectivity index (χ3v) is 3.90. The summed E-state index contributed by atoms with van der Waals surface area (Å²) in [6.07, 6.45) is 2.56. The van der Waals surface area contributed by atoms with Crippen LogP contribution in [0.25, 0.3) is 11.3 Å². The van der Waals surface area contributed by atoms with Gasteiger partial charge in [0.15, 0.2) is 0 Å². The maximum atomic E-state index is 12.0. The number of amides is 1. The van der Waals surface area contributed by atoms with Gasteiger partial charge in [0.25, 0.3) is 5.56 Å². The maximum Gasteiger partial charge on any atom is 0.266 e. The van der Waals surface area contributed by atoms with Crippen LogP contribution in [-0.2, 0) is 17.9 Å². The van der Waals surface area contributed by atoms with E-state index in [-0.39, 0.29) is 11.5 Å². The van der Waals surface area contributed by atoms with Gasteiger partial charge in [0, 0.05) is 30.8 Å². The van der Waals surface area contributed by atoms with Gasteiger partial charge in [-0.3, -0.25) is 14.6 Å². The fraction of sp³-hybridized carbons (Fsp3) is 0.200. The number of rotatable bonds is 7.